The van der Waals surface area contributed by atoms with E-state index < -0.39 is 12.1 Å². The molecule has 0 radical (unpaired) electrons. The van der Waals surface area contributed by atoms with Gasteiger partial charge in [0.15, 0.2) is 0 Å². The van der Waals surface area contributed by atoms with Gasteiger partial charge in [0.25, 0.3) is 0 Å². The number of nitrogens with zero attached hydrogens (tertiary/aromatic N) is 4. The van der Waals surface area contributed by atoms with E-state index in [0.717, 1.165) is 16.8 Å². The molecule has 1 aliphatic rings. The van der Waals surface area contributed by atoms with Crippen LogP contribution in [-0.4, -0.2) is 52.0 Å². The second kappa shape index (κ2) is 7.27. The van der Waals surface area contributed by atoms with E-state index >= 15 is 0 Å². The third kappa shape index (κ3) is 3.33. The first-order valence-corrected chi connectivity index (χ1v) is 8.44. The zero-order valence-corrected chi connectivity index (χ0v) is 15.0. The quantitative estimate of drug-likeness (QED) is 0.750. The van der Waals surface area contributed by atoms with Crippen molar-refractivity contribution in [2.45, 2.75) is 32.5 Å². The largest absolute Gasteiger partial charge is 0.394 e. The molecule has 0 saturated carbocycles. The molecule has 138 valence electrons. The Bertz CT molecular complexity index is 813. The van der Waals surface area contributed by atoms with Gasteiger partial charge in [-0.15, -0.1) is 0 Å². The molecule has 2 aromatic rings. The normalized spacial score (nSPS) is 16.3. The standard InChI is InChI=1S/C18H23N5O3/c1-11-6-4-5-7-14(11)23-9-13-8-19-17(20-12(2)15(25)10-24)21-16(13)22(3)18(23)26/h4-8,12,15,24-25H,9-10H2,1-3H3,(H,19,20,21)/t12-,15+/m1/s1. The van der Waals surface area contributed by atoms with Crippen molar-refractivity contribution < 1.29 is 15.0 Å². The maximum atomic E-state index is 12.8. The van der Waals surface area contributed by atoms with E-state index in [4.69, 9.17) is 5.11 Å². The average Bonchev–Trinajstić information content (AvgIpc) is 2.65. The summed E-state index contributed by atoms with van der Waals surface area (Å²) in [6.45, 7) is 3.72. The van der Waals surface area contributed by atoms with Gasteiger partial charge in [0.1, 0.15) is 5.82 Å². The smallest absolute Gasteiger partial charge is 0.330 e. The number of amides is 2. The third-order valence-electron chi connectivity index (χ3n) is 4.53. The van der Waals surface area contributed by atoms with E-state index in [2.05, 4.69) is 15.3 Å². The molecule has 8 nitrogen and oxygen atoms in total. The Morgan fingerprint density at radius 3 is 2.77 bits per heavy atom. The molecule has 0 spiro atoms. The van der Waals surface area contributed by atoms with Crippen molar-refractivity contribution in [2.75, 3.05) is 28.8 Å². The number of aryl methyl sites for hydroxylation is 1. The number of aliphatic hydroxyl groups excluding tert-OH is 2. The van der Waals surface area contributed by atoms with Gasteiger partial charge in [-0.3, -0.25) is 9.80 Å². The van der Waals surface area contributed by atoms with Gasteiger partial charge in [-0.05, 0) is 25.5 Å². The summed E-state index contributed by atoms with van der Waals surface area (Å²) >= 11 is 0. The Morgan fingerprint density at radius 2 is 2.08 bits per heavy atom. The molecule has 0 fully saturated rings. The number of anilines is 3. The summed E-state index contributed by atoms with van der Waals surface area (Å²) in [5, 5.41) is 21.6. The molecule has 1 aromatic carbocycles. The lowest BCUT2D eigenvalue weighted by Gasteiger charge is -2.34. The van der Waals surface area contributed by atoms with Crippen LogP contribution in [0.25, 0.3) is 0 Å². The van der Waals surface area contributed by atoms with Crippen LogP contribution in [0.2, 0.25) is 0 Å². The number of fused-ring (bicyclic) bond motifs is 1. The average molecular weight is 357 g/mol. The van der Waals surface area contributed by atoms with E-state index in [-0.39, 0.29) is 12.6 Å². The fourth-order valence-corrected chi connectivity index (χ4v) is 2.89. The number of aromatic nitrogens is 2. The van der Waals surface area contributed by atoms with Crippen molar-refractivity contribution in [3.8, 4) is 0 Å². The van der Waals surface area contributed by atoms with Gasteiger partial charge in [-0.2, -0.15) is 4.98 Å². The van der Waals surface area contributed by atoms with Gasteiger partial charge in [-0.25, -0.2) is 9.78 Å². The second-order valence-corrected chi connectivity index (χ2v) is 6.44. The van der Waals surface area contributed by atoms with Crippen molar-refractivity contribution >= 4 is 23.5 Å². The molecule has 1 aliphatic heterocycles. The predicted molar refractivity (Wildman–Crippen MR) is 99.4 cm³/mol. The molecular formula is C18H23N5O3. The van der Waals surface area contributed by atoms with Crippen molar-refractivity contribution in [1.29, 1.82) is 0 Å². The van der Waals surface area contributed by atoms with Gasteiger partial charge >= 0.3 is 6.03 Å². The zero-order valence-electron chi connectivity index (χ0n) is 15.0. The van der Waals surface area contributed by atoms with E-state index in [9.17, 15) is 9.90 Å². The minimum Gasteiger partial charge on any atom is -0.394 e. The van der Waals surface area contributed by atoms with Gasteiger partial charge in [0, 0.05) is 24.5 Å². The maximum Gasteiger partial charge on any atom is 0.330 e. The summed E-state index contributed by atoms with van der Waals surface area (Å²) in [6, 6.07) is 7.14. The first-order valence-electron chi connectivity index (χ1n) is 8.44. The highest BCUT2D eigenvalue weighted by Crippen LogP contribution is 2.31. The molecule has 1 aromatic heterocycles. The lowest BCUT2D eigenvalue weighted by Crippen LogP contribution is -2.46. The van der Waals surface area contributed by atoms with Crippen molar-refractivity contribution in [3.05, 3.63) is 41.6 Å². The topological polar surface area (TPSA) is 102 Å². The van der Waals surface area contributed by atoms with E-state index in [1.165, 1.54) is 4.90 Å². The lowest BCUT2D eigenvalue weighted by atomic mass is 10.1. The fraction of sp³-hybridized carbons (Fsp3) is 0.389. The SMILES string of the molecule is Cc1ccccc1N1Cc2cnc(N[C@H](C)[C@@H](O)CO)nc2N(C)C1=O. The van der Waals surface area contributed by atoms with Crippen LogP contribution in [0, 0.1) is 6.92 Å². The Kier molecular flexibility index (Phi) is 5.06. The van der Waals surface area contributed by atoms with Gasteiger partial charge < -0.3 is 15.5 Å². The molecule has 0 aliphatic carbocycles. The molecule has 0 saturated heterocycles. The number of urea groups is 1. The summed E-state index contributed by atoms with van der Waals surface area (Å²) in [5.74, 6) is 0.829. The van der Waals surface area contributed by atoms with E-state index in [0.29, 0.717) is 18.3 Å². The van der Waals surface area contributed by atoms with Gasteiger partial charge in [0.05, 0.1) is 25.3 Å². The second-order valence-electron chi connectivity index (χ2n) is 6.44. The van der Waals surface area contributed by atoms with Crippen LogP contribution in [0.4, 0.5) is 22.2 Å². The third-order valence-corrected chi connectivity index (χ3v) is 4.53. The van der Waals surface area contributed by atoms with Crippen LogP contribution in [0.15, 0.2) is 30.5 Å². The summed E-state index contributed by atoms with van der Waals surface area (Å²) in [4.78, 5) is 24.7. The molecule has 26 heavy (non-hydrogen) atoms. The van der Waals surface area contributed by atoms with E-state index in [1.54, 1.807) is 25.1 Å². The van der Waals surface area contributed by atoms with Crippen LogP contribution >= 0.6 is 0 Å². The fourth-order valence-electron chi connectivity index (χ4n) is 2.89. The number of aliphatic hydroxyl groups is 2. The van der Waals surface area contributed by atoms with Crippen molar-refractivity contribution in [2.24, 2.45) is 0 Å². The highest BCUT2D eigenvalue weighted by Gasteiger charge is 2.31. The van der Waals surface area contributed by atoms with Crippen molar-refractivity contribution in [3.63, 3.8) is 0 Å². The Labute approximate surface area is 152 Å². The first kappa shape index (κ1) is 18.1. The minimum absolute atomic E-state index is 0.167. The number of hydrogen-bond acceptors (Lipinski definition) is 6. The Morgan fingerprint density at radius 1 is 1.35 bits per heavy atom. The Hall–Kier alpha value is -2.71. The van der Waals surface area contributed by atoms with E-state index in [1.807, 2.05) is 31.2 Å². The molecule has 8 heteroatoms. The summed E-state index contributed by atoms with van der Waals surface area (Å²) in [6.07, 6.45) is 0.752. The maximum absolute atomic E-state index is 12.8. The van der Waals surface area contributed by atoms with Crippen molar-refractivity contribution in [1.82, 2.24) is 9.97 Å². The lowest BCUT2D eigenvalue weighted by molar-refractivity contribution is 0.0837. The number of carbonyl (C=O) groups is 1. The molecule has 3 rings (SSSR count). The minimum atomic E-state index is -0.925. The zero-order chi connectivity index (χ0) is 18.8. The number of nitrogens with one attached hydrogen (secondary N) is 1. The number of benzene rings is 1. The Balaban J connectivity index is 1.88. The molecule has 2 amide bonds. The van der Waals surface area contributed by atoms with Crippen LogP contribution in [0.5, 0.6) is 0 Å². The van der Waals surface area contributed by atoms with Gasteiger partial charge in [-0.1, -0.05) is 18.2 Å². The molecule has 2 atom stereocenters. The van der Waals surface area contributed by atoms with Gasteiger partial charge in [0.2, 0.25) is 5.95 Å². The number of rotatable bonds is 5. The molecular weight excluding hydrogens is 334 g/mol. The molecule has 2 heterocycles. The summed E-state index contributed by atoms with van der Waals surface area (Å²) in [5.41, 5.74) is 2.71. The monoisotopic (exact) mass is 357 g/mol. The molecule has 0 bridgehead atoms. The van der Waals surface area contributed by atoms with Crippen LogP contribution in [0.1, 0.15) is 18.1 Å². The van der Waals surface area contributed by atoms with Crippen LogP contribution < -0.4 is 15.1 Å². The first-order chi connectivity index (χ1) is 12.4. The summed E-state index contributed by atoms with van der Waals surface area (Å²) < 4.78 is 0. The number of hydrogen-bond donors (Lipinski definition) is 3. The highest BCUT2D eigenvalue weighted by molar-refractivity contribution is 6.05. The summed E-state index contributed by atoms with van der Waals surface area (Å²) in [7, 11) is 1.67. The molecule has 0 unspecified atom stereocenters. The predicted octanol–water partition coefficient (Wildman–Crippen LogP) is 1.52. The number of carbonyl (C=O) groups excluding carboxylic acids is 1. The number of para-hydroxylation sites is 1. The molecule has 3 N–H and O–H groups in total. The van der Waals surface area contributed by atoms with Crippen LogP contribution in [-0.2, 0) is 6.54 Å². The van der Waals surface area contributed by atoms with Crippen LogP contribution in [0.3, 0.4) is 0 Å². The highest BCUT2D eigenvalue weighted by atomic mass is 16.3.